The third-order valence-corrected chi connectivity index (χ3v) is 5.72. The van der Waals surface area contributed by atoms with Crippen LogP contribution >= 0.6 is 0 Å². The van der Waals surface area contributed by atoms with Gasteiger partial charge in [0.05, 0.1) is 6.07 Å². The Morgan fingerprint density at radius 3 is 2.71 bits per heavy atom. The summed E-state index contributed by atoms with van der Waals surface area (Å²) in [6.07, 6.45) is 1.62. The van der Waals surface area contributed by atoms with Crippen molar-refractivity contribution in [2.75, 3.05) is 0 Å². The first-order valence-electron chi connectivity index (χ1n) is 10.4. The Morgan fingerprint density at radius 1 is 1.39 bits per heavy atom. The summed E-state index contributed by atoms with van der Waals surface area (Å²) < 4.78 is 19.6. The summed E-state index contributed by atoms with van der Waals surface area (Å²) in [5.41, 5.74) is -0.535. The zero-order chi connectivity index (χ0) is 22.9. The van der Waals surface area contributed by atoms with E-state index in [1.807, 2.05) is 6.07 Å². The maximum Gasteiger partial charge on any atom is 0.488 e. The van der Waals surface area contributed by atoms with Crippen molar-refractivity contribution in [3.05, 3.63) is 29.6 Å². The van der Waals surface area contributed by atoms with Gasteiger partial charge in [0, 0.05) is 12.5 Å². The van der Waals surface area contributed by atoms with Gasteiger partial charge in [-0.25, -0.2) is 9.18 Å². The summed E-state index contributed by atoms with van der Waals surface area (Å²) in [7, 11) is -1.77. The molecule has 1 aliphatic heterocycles. The standard InChI is InChI=1S/C21H27BFN3O5/c1-21(2,3)31-20(28)26-16-6-4-12(10-16)18(26)19(27)25-15(11-24)9-13-8-14(22(29)30)5-7-17(13)23/h5,7-8,12,15-16,18,29-30H,4,6,9-10H2,1-3H3,(H,25,27)/t12-,15-,16+,18-/m0/s1. The molecule has 8 nitrogen and oxygen atoms in total. The van der Waals surface area contributed by atoms with Crippen LogP contribution in [0.2, 0.25) is 0 Å². The van der Waals surface area contributed by atoms with Crippen LogP contribution in [-0.4, -0.2) is 57.8 Å². The van der Waals surface area contributed by atoms with Gasteiger partial charge in [0.1, 0.15) is 23.5 Å². The first kappa shape index (κ1) is 23.0. The molecule has 10 heteroatoms. The Bertz CT molecular complexity index is 898. The highest BCUT2D eigenvalue weighted by Crippen LogP contribution is 2.43. The van der Waals surface area contributed by atoms with Gasteiger partial charge in [-0.1, -0.05) is 12.1 Å². The Labute approximate surface area is 181 Å². The molecule has 2 bridgehead atoms. The average molecular weight is 431 g/mol. The summed E-state index contributed by atoms with van der Waals surface area (Å²) in [5.74, 6) is -1.10. The molecule has 1 saturated heterocycles. The van der Waals surface area contributed by atoms with Gasteiger partial charge in [-0.15, -0.1) is 0 Å². The molecular weight excluding hydrogens is 404 g/mol. The second kappa shape index (κ2) is 8.85. The lowest BCUT2D eigenvalue weighted by Crippen LogP contribution is -2.55. The van der Waals surface area contributed by atoms with E-state index in [-0.39, 0.29) is 29.4 Å². The van der Waals surface area contributed by atoms with Crippen molar-refractivity contribution < 1.29 is 28.8 Å². The summed E-state index contributed by atoms with van der Waals surface area (Å²) in [5, 5.41) is 30.7. The quantitative estimate of drug-likeness (QED) is 0.594. The average Bonchev–Trinajstić information content (AvgIpc) is 3.28. The maximum absolute atomic E-state index is 14.2. The highest BCUT2D eigenvalue weighted by molar-refractivity contribution is 6.58. The predicted octanol–water partition coefficient (Wildman–Crippen LogP) is 0.844. The molecule has 1 aromatic rings. The number of carbonyl (C=O) groups excluding carboxylic acids is 2. The summed E-state index contributed by atoms with van der Waals surface area (Å²) in [4.78, 5) is 27.2. The number of halogens is 1. The van der Waals surface area contributed by atoms with Crippen molar-refractivity contribution in [2.24, 2.45) is 5.92 Å². The molecular formula is C21H27BFN3O5. The van der Waals surface area contributed by atoms with E-state index in [0.717, 1.165) is 18.9 Å². The van der Waals surface area contributed by atoms with Crippen LogP contribution in [0.4, 0.5) is 9.18 Å². The van der Waals surface area contributed by atoms with E-state index in [1.54, 1.807) is 20.8 Å². The number of carbonyl (C=O) groups is 2. The molecule has 166 valence electrons. The van der Waals surface area contributed by atoms with E-state index < -0.39 is 42.6 Å². The van der Waals surface area contributed by atoms with Crippen LogP contribution in [0, 0.1) is 23.1 Å². The van der Waals surface area contributed by atoms with E-state index in [2.05, 4.69) is 5.32 Å². The molecule has 1 saturated carbocycles. The van der Waals surface area contributed by atoms with Crippen molar-refractivity contribution in [1.82, 2.24) is 10.2 Å². The number of nitriles is 1. The van der Waals surface area contributed by atoms with Crippen LogP contribution in [0.5, 0.6) is 0 Å². The topological polar surface area (TPSA) is 123 Å². The number of fused-ring (bicyclic) bond motifs is 2. The zero-order valence-electron chi connectivity index (χ0n) is 17.8. The number of benzene rings is 1. The number of amides is 2. The minimum absolute atomic E-state index is 0.0125. The van der Waals surface area contributed by atoms with Gasteiger partial charge in [0.25, 0.3) is 0 Å². The molecule has 31 heavy (non-hydrogen) atoms. The van der Waals surface area contributed by atoms with Gasteiger partial charge < -0.3 is 20.1 Å². The Kier molecular flexibility index (Phi) is 6.58. The molecule has 0 spiro atoms. The molecule has 1 aromatic carbocycles. The third kappa shape index (κ3) is 5.17. The van der Waals surface area contributed by atoms with Crippen LogP contribution in [0.25, 0.3) is 0 Å². The minimum Gasteiger partial charge on any atom is -0.444 e. The molecule has 0 radical (unpaired) electrons. The van der Waals surface area contributed by atoms with E-state index >= 15 is 0 Å². The first-order valence-corrected chi connectivity index (χ1v) is 10.4. The van der Waals surface area contributed by atoms with E-state index in [9.17, 15) is 29.3 Å². The molecule has 1 heterocycles. The monoisotopic (exact) mass is 431 g/mol. The van der Waals surface area contributed by atoms with Crippen molar-refractivity contribution >= 4 is 24.6 Å². The lowest BCUT2D eigenvalue weighted by atomic mass is 9.79. The smallest absolute Gasteiger partial charge is 0.444 e. The fraction of sp³-hybridized carbons (Fsp3) is 0.571. The molecule has 4 atom stereocenters. The van der Waals surface area contributed by atoms with E-state index in [0.29, 0.717) is 6.42 Å². The van der Waals surface area contributed by atoms with Crippen LogP contribution < -0.4 is 10.8 Å². The molecule has 2 aliphatic rings. The highest BCUT2D eigenvalue weighted by atomic mass is 19.1. The number of nitrogens with one attached hydrogen (secondary N) is 1. The molecule has 2 amide bonds. The number of nitrogens with zero attached hydrogens (tertiary/aromatic N) is 2. The molecule has 3 N–H and O–H groups in total. The van der Waals surface area contributed by atoms with Crippen molar-refractivity contribution in [3.63, 3.8) is 0 Å². The number of hydrogen-bond donors (Lipinski definition) is 3. The lowest BCUT2D eigenvalue weighted by molar-refractivity contribution is -0.128. The molecule has 0 aromatic heterocycles. The van der Waals surface area contributed by atoms with Gasteiger partial charge in [-0.2, -0.15) is 5.26 Å². The van der Waals surface area contributed by atoms with Crippen LogP contribution in [0.1, 0.15) is 45.6 Å². The van der Waals surface area contributed by atoms with Crippen LogP contribution in [-0.2, 0) is 16.0 Å². The predicted molar refractivity (Wildman–Crippen MR) is 110 cm³/mol. The first-order chi connectivity index (χ1) is 14.5. The van der Waals surface area contributed by atoms with Crippen molar-refractivity contribution in [2.45, 2.75) is 70.2 Å². The fourth-order valence-corrected chi connectivity index (χ4v) is 4.42. The number of hydrogen-bond acceptors (Lipinski definition) is 6. The summed E-state index contributed by atoms with van der Waals surface area (Å²) in [6, 6.07) is 3.66. The Hall–Kier alpha value is -2.64. The molecule has 3 rings (SSSR count). The van der Waals surface area contributed by atoms with E-state index in [4.69, 9.17) is 4.74 Å². The van der Waals surface area contributed by atoms with Gasteiger partial charge in [-0.05, 0) is 63.0 Å². The number of likely N-dealkylation sites (tertiary alicyclic amines) is 1. The van der Waals surface area contributed by atoms with Crippen LogP contribution in [0.15, 0.2) is 18.2 Å². The van der Waals surface area contributed by atoms with Gasteiger partial charge in [-0.3, -0.25) is 9.69 Å². The fourth-order valence-electron chi connectivity index (χ4n) is 4.42. The van der Waals surface area contributed by atoms with Gasteiger partial charge in [0.2, 0.25) is 5.91 Å². The number of piperidine rings is 1. The zero-order valence-corrected chi connectivity index (χ0v) is 17.8. The lowest BCUT2D eigenvalue weighted by Gasteiger charge is -2.35. The summed E-state index contributed by atoms with van der Waals surface area (Å²) in [6.45, 7) is 5.27. The third-order valence-electron chi connectivity index (χ3n) is 5.72. The van der Waals surface area contributed by atoms with Crippen molar-refractivity contribution in [1.29, 1.82) is 5.26 Å². The second-order valence-corrected chi connectivity index (χ2v) is 9.18. The highest BCUT2D eigenvalue weighted by Gasteiger charge is 2.52. The SMILES string of the molecule is CC(C)(C)OC(=O)N1[C@@H]2CC[C@@H](C2)[C@H]1C(=O)N[C@H](C#N)Cc1cc(B(O)O)ccc1F. The van der Waals surface area contributed by atoms with Crippen molar-refractivity contribution in [3.8, 4) is 6.07 Å². The number of rotatable bonds is 5. The van der Waals surface area contributed by atoms with Crippen LogP contribution in [0.3, 0.4) is 0 Å². The number of ether oxygens (including phenoxy) is 1. The second-order valence-electron chi connectivity index (χ2n) is 9.18. The molecule has 1 aliphatic carbocycles. The van der Waals surface area contributed by atoms with Gasteiger partial charge >= 0.3 is 13.2 Å². The summed E-state index contributed by atoms with van der Waals surface area (Å²) >= 11 is 0. The maximum atomic E-state index is 14.2. The molecule has 0 unspecified atom stereocenters. The van der Waals surface area contributed by atoms with E-state index in [1.165, 1.54) is 17.0 Å². The van der Waals surface area contributed by atoms with Gasteiger partial charge in [0.15, 0.2) is 0 Å². The largest absolute Gasteiger partial charge is 0.488 e. The Balaban J connectivity index is 1.73. The normalized spacial score (nSPS) is 23.3. The Morgan fingerprint density at radius 2 is 2.10 bits per heavy atom. The minimum atomic E-state index is -1.77. The molecule has 2 fully saturated rings.